The second-order valence-corrected chi connectivity index (χ2v) is 22.2. The first-order valence-corrected chi connectivity index (χ1v) is 28.0. The van der Waals surface area contributed by atoms with E-state index in [0.29, 0.717) is 17.9 Å². The zero-order valence-electron chi connectivity index (χ0n) is 44.8. The molecule has 11 N–H and O–H groups in total. The summed E-state index contributed by atoms with van der Waals surface area (Å²) >= 11 is 7.10. The van der Waals surface area contributed by atoms with Crippen LogP contribution in [0.25, 0.3) is 0 Å². The molecule has 0 spiro atoms. The highest BCUT2D eigenvalue weighted by Crippen LogP contribution is 2.17. The molecule has 4 atom stereocenters. The lowest BCUT2D eigenvalue weighted by atomic mass is 10.1. The van der Waals surface area contributed by atoms with Gasteiger partial charge in [0.25, 0.3) is 0 Å². The maximum Gasteiger partial charge on any atom is 0.202 e. The van der Waals surface area contributed by atoms with Gasteiger partial charge in [-0.25, -0.2) is 25.0 Å². The van der Waals surface area contributed by atoms with Crippen molar-refractivity contribution in [1.29, 1.82) is 0 Å². The monoisotopic (exact) mass is 1070 g/mol. The Kier molecular flexibility index (Phi) is 22.8. The number of rotatable bonds is 12. The van der Waals surface area contributed by atoms with Crippen LogP contribution in [0, 0.1) is 27.7 Å². The van der Waals surface area contributed by atoms with Gasteiger partial charge in [0.2, 0.25) is 17.9 Å². The van der Waals surface area contributed by atoms with E-state index in [4.69, 9.17) is 11.5 Å². The molecule has 4 aromatic heterocycles. The van der Waals surface area contributed by atoms with E-state index in [1.54, 1.807) is 45.3 Å². The van der Waals surface area contributed by atoms with E-state index in [-0.39, 0.29) is 24.7 Å². The van der Waals surface area contributed by atoms with Crippen molar-refractivity contribution in [3.05, 3.63) is 87.5 Å². The van der Waals surface area contributed by atoms with Gasteiger partial charge < -0.3 is 42.1 Å². The number of likely N-dealkylation sites (N-methyl/N-ethyl adjacent to an activating group) is 1. The van der Waals surface area contributed by atoms with Crippen molar-refractivity contribution in [2.45, 2.75) is 106 Å². The summed E-state index contributed by atoms with van der Waals surface area (Å²) in [4.78, 5) is 45.1. The van der Waals surface area contributed by atoms with Crippen molar-refractivity contribution in [3.63, 3.8) is 0 Å². The highest BCUT2D eigenvalue weighted by molar-refractivity contribution is 7.10. The summed E-state index contributed by atoms with van der Waals surface area (Å²) in [5, 5.41) is 32.8. The molecule has 24 heteroatoms. The van der Waals surface area contributed by atoms with Crippen LogP contribution in [0.2, 0.25) is 0 Å². The molecular formula is C49H78N20S4. The molecule has 0 fully saturated rings. The molecule has 0 amide bonds. The van der Waals surface area contributed by atoms with E-state index in [9.17, 15) is 0 Å². The standard InChI is InChI=1S/2C13H21N5S.C12H19N5S.C11H17N5S/c1-9-7-19-8-11(9)5-6-14-12-15-10(2)16-13(17-12)18(3)4;1-9-7-11(8-19-9)5-6-14-12-15-10(2)16-13(17-12)18(3)4;1-8-6-10(7-18-8)4-5-17(3)12-15-9(2)14-11(13)16-12;1-7-5-9(6-17-7)3-4-13-11-15-8(2)14-10(12)16-11/h2*7-8,10H,5-6H2,1-4H3,(H2,14,15,16,17);6-7,9H,4-5H2,1-3H3,(H3,13,14,15,16);5-6,8H,3-4H2,1-2H3,(H4,12,13,14,15,16). The van der Waals surface area contributed by atoms with Gasteiger partial charge in [0.1, 0.15) is 24.7 Å². The largest absolute Gasteiger partial charge is 0.370 e. The van der Waals surface area contributed by atoms with Gasteiger partial charge >= 0.3 is 0 Å². The maximum absolute atomic E-state index is 5.70. The van der Waals surface area contributed by atoms with Crippen LogP contribution in [0.15, 0.2) is 85.0 Å². The average molecular weight is 1080 g/mol. The van der Waals surface area contributed by atoms with E-state index >= 15 is 0 Å². The number of thiophene rings is 4. The van der Waals surface area contributed by atoms with Crippen LogP contribution in [0.4, 0.5) is 0 Å². The number of nitrogens with one attached hydrogen (secondary N) is 7. The van der Waals surface area contributed by atoms with Crippen molar-refractivity contribution in [2.75, 3.05) is 61.4 Å². The van der Waals surface area contributed by atoms with Crippen molar-refractivity contribution in [1.82, 2.24) is 51.9 Å². The topological polar surface area (TPSA) is 245 Å². The van der Waals surface area contributed by atoms with Gasteiger partial charge in [-0.1, -0.05) is 0 Å². The number of aryl methyl sites for hydroxylation is 4. The molecule has 0 aromatic carbocycles. The fraction of sp³-hybridized carbons (Fsp3) is 0.510. The quantitative estimate of drug-likeness (QED) is 0.0931. The lowest BCUT2D eigenvalue weighted by Gasteiger charge is -2.26. The van der Waals surface area contributed by atoms with E-state index in [1.807, 2.05) is 72.7 Å². The summed E-state index contributed by atoms with van der Waals surface area (Å²) in [7, 11) is 9.88. The summed E-state index contributed by atoms with van der Waals surface area (Å²) in [6.07, 6.45) is 3.90. The Balaban J connectivity index is 0.000000181. The zero-order chi connectivity index (χ0) is 53.0. The van der Waals surface area contributed by atoms with Crippen molar-refractivity contribution in [2.24, 2.45) is 51.4 Å². The molecule has 0 radical (unpaired) electrons. The van der Waals surface area contributed by atoms with Crippen LogP contribution in [0.3, 0.4) is 0 Å². The van der Waals surface area contributed by atoms with E-state index in [2.05, 4.69) is 155 Å². The summed E-state index contributed by atoms with van der Waals surface area (Å²) in [6, 6.07) is 6.65. The minimum atomic E-state index is -0.105. The van der Waals surface area contributed by atoms with Gasteiger partial charge in [-0.3, -0.25) is 36.2 Å². The molecule has 8 heterocycles. The van der Waals surface area contributed by atoms with Crippen molar-refractivity contribution >= 4 is 93.0 Å². The highest BCUT2D eigenvalue weighted by Gasteiger charge is 2.18. The third-order valence-corrected chi connectivity index (χ3v) is 14.5. The van der Waals surface area contributed by atoms with Gasteiger partial charge in [-0.15, -0.1) is 34.0 Å². The fourth-order valence-electron chi connectivity index (χ4n) is 7.11. The first-order chi connectivity index (χ1) is 34.8. The van der Waals surface area contributed by atoms with Gasteiger partial charge in [-0.05, 0) is 154 Å². The average Bonchev–Trinajstić information content (AvgIpc) is 4.14. The normalized spacial score (nSPS) is 20.6. The fourth-order valence-corrected chi connectivity index (χ4v) is 10.2. The number of guanidine groups is 8. The molecule has 4 aliphatic heterocycles. The first-order valence-electron chi connectivity index (χ1n) is 24.4. The molecule has 8 rings (SSSR count). The summed E-state index contributed by atoms with van der Waals surface area (Å²) in [6.45, 7) is 19.6. The summed E-state index contributed by atoms with van der Waals surface area (Å²) in [5.74, 6) is 5.65. The van der Waals surface area contributed by atoms with E-state index in [1.165, 1.54) is 42.4 Å². The smallest absolute Gasteiger partial charge is 0.202 e. The minimum Gasteiger partial charge on any atom is -0.370 e. The second-order valence-electron chi connectivity index (χ2n) is 18.2. The van der Waals surface area contributed by atoms with Crippen molar-refractivity contribution in [3.8, 4) is 0 Å². The first kappa shape index (κ1) is 57.7. The SMILES string of the molecule is Cc1cc(CCN(C)C2=NC(C)N=C(N)N2)cs1.Cc1cc(CCN=C2NC(N(C)C)=NC(C)N2)cs1.Cc1cc(CCN=C2NC(N)=NC(C)N2)cs1.Cc1cscc1CCN=C1NC(N(C)C)=NC(C)N1. The van der Waals surface area contributed by atoms with Gasteiger partial charge in [0.05, 0.1) is 0 Å². The molecular weight excluding hydrogens is 997 g/mol. The van der Waals surface area contributed by atoms with E-state index in [0.717, 1.165) is 81.7 Å². The predicted molar refractivity (Wildman–Crippen MR) is 313 cm³/mol. The van der Waals surface area contributed by atoms with Crippen LogP contribution in [0.1, 0.15) is 70.1 Å². The third-order valence-electron chi connectivity index (χ3n) is 10.8. The van der Waals surface area contributed by atoms with Crippen LogP contribution in [-0.2, 0) is 25.7 Å². The molecule has 398 valence electrons. The van der Waals surface area contributed by atoms with Crippen molar-refractivity contribution < 1.29 is 0 Å². The molecule has 0 saturated heterocycles. The van der Waals surface area contributed by atoms with Gasteiger partial charge in [0.15, 0.2) is 29.8 Å². The van der Waals surface area contributed by atoms with Crippen LogP contribution < -0.4 is 48.7 Å². The number of nitrogens with zero attached hydrogens (tertiary/aromatic N) is 11. The highest BCUT2D eigenvalue weighted by atomic mass is 32.1. The molecule has 20 nitrogen and oxygen atoms in total. The Morgan fingerprint density at radius 2 is 0.945 bits per heavy atom. The van der Waals surface area contributed by atoms with E-state index < -0.39 is 0 Å². The number of aliphatic imine (C=N–C) groups is 8. The molecule has 0 aliphatic carbocycles. The molecule has 4 aliphatic rings. The Morgan fingerprint density at radius 3 is 1.36 bits per heavy atom. The molecule has 4 unspecified atom stereocenters. The molecule has 0 bridgehead atoms. The van der Waals surface area contributed by atoms with Gasteiger partial charge in [0, 0.05) is 76.0 Å². The minimum absolute atomic E-state index is 0.0154. The Hall–Kier alpha value is -6.24. The third kappa shape index (κ3) is 20.7. The zero-order valence-corrected chi connectivity index (χ0v) is 48.1. The lowest BCUT2D eigenvalue weighted by molar-refractivity contribution is 0.486. The number of nitrogens with two attached hydrogens (primary N) is 2. The van der Waals surface area contributed by atoms with Gasteiger partial charge in [-0.2, -0.15) is 11.3 Å². The molecule has 4 aromatic rings. The number of hydrogen-bond donors (Lipinski definition) is 9. The lowest BCUT2D eigenvalue weighted by Crippen LogP contribution is -2.53. The number of hydrogen-bond acceptors (Lipinski definition) is 18. The van der Waals surface area contributed by atoms with Crippen LogP contribution in [0.5, 0.6) is 0 Å². The predicted octanol–water partition coefficient (Wildman–Crippen LogP) is 4.78. The Morgan fingerprint density at radius 1 is 0.507 bits per heavy atom. The Labute approximate surface area is 448 Å². The van der Waals surface area contributed by atoms with Crippen LogP contribution in [-0.4, -0.2) is 148 Å². The second kappa shape index (κ2) is 28.9. The summed E-state index contributed by atoms with van der Waals surface area (Å²) in [5.41, 5.74) is 18.1. The Bertz CT molecular complexity index is 2610. The van der Waals surface area contributed by atoms with Crippen LogP contribution >= 0.6 is 45.3 Å². The molecule has 73 heavy (non-hydrogen) atoms. The summed E-state index contributed by atoms with van der Waals surface area (Å²) < 4.78 is 0. The maximum atomic E-state index is 5.70. The molecule has 0 saturated carbocycles.